The predicted molar refractivity (Wildman–Crippen MR) is 53.3 cm³/mol. The Balaban J connectivity index is 3.42. The van der Waals surface area contributed by atoms with Crippen molar-refractivity contribution in [2.45, 2.75) is 6.61 Å². The summed E-state index contributed by atoms with van der Waals surface area (Å²) < 4.78 is 5.22. The van der Waals surface area contributed by atoms with E-state index in [2.05, 4.69) is 15.9 Å². The summed E-state index contributed by atoms with van der Waals surface area (Å²) in [7, 11) is 1.39. The van der Waals surface area contributed by atoms with Gasteiger partial charge in [-0.3, -0.25) is 10.1 Å². The average Bonchev–Trinajstić information content (AvgIpc) is 2.16. The number of nitrogens with zero attached hydrogens (tertiary/aromatic N) is 1. The van der Waals surface area contributed by atoms with Crippen LogP contribution >= 0.6 is 15.9 Å². The Morgan fingerprint density at radius 2 is 2.29 bits per heavy atom. The van der Waals surface area contributed by atoms with Crippen molar-refractivity contribution in [2.24, 2.45) is 0 Å². The van der Waals surface area contributed by atoms with Gasteiger partial charge in [-0.25, -0.2) is 0 Å². The number of hydrogen-bond acceptors (Lipinski definition) is 4. The summed E-state index contributed by atoms with van der Waals surface area (Å²) in [6, 6.07) is 3.07. The number of nitro groups is 1. The van der Waals surface area contributed by atoms with E-state index in [1.54, 1.807) is 6.07 Å². The predicted octanol–water partition coefficient (Wildman–Crippen LogP) is 1.86. The topological polar surface area (TPSA) is 72.6 Å². The van der Waals surface area contributed by atoms with Crippen molar-refractivity contribution in [3.63, 3.8) is 0 Å². The second-order valence-electron chi connectivity index (χ2n) is 2.49. The molecule has 1 rings (SSSR count). The van der Waals surface area contributed by atoms with E-state index in [9.17, 15) is 10.1 Å². The lowest BCUT2D eigenvalue weighted by molar-refractivity contribution is -0.386. The van der Waals surface area contributed by atoms with Crippen molar-refractivity contribution in [2.75, 3.05) is 7.11 Å². The van der Waals surface area contributed by atoms with Gasteiger partial charge in [-0.15, -0.1) is 0 Å². The minimum atomic E-state index is -0.557. The molecule has 76 valence electrons. The summed E-state index contributed by atoms with van der Waals surface area (Å²) in [6.07, 6.45) is 0. The molecule has 0 amide bonds. The number of aliphatic hydroxyl groups is 1. The van der Waals surface area contributed by atoms with Crippen LogP contribution in [0.1, 0.15) is 5.56 Å². The molecule has 0 unspecified atom stereocenters. The average molecular weight is 262 g/mol. The van der Waals surface area contributed by atoms with Gasteiger partial charge in [0.15, 0.2) is 0 Å². The van der Waals surface area contributed by atoms with Crippen molar-refractivity contribution in [3.8, 4) is 5.75 Å². The van der Waals surface area contributed by atoms with Gasteiger partial charge in [0.1, 0.15) is 5.75 Å². The first-order chi connectivity index (χ1) is 6.61. The smallest absolute Gasteiger partial charge is 0.292 e. The fourth-order valence-electron chi connectivity index (χ4n) is 1.13. The zero-order chi connectivity index (χ0) is 10.7. The molecule has 0 saturated carbocycles. The summed E-state index contributed by atoms with van der Waals surface area (Å²) >= 11 is 3.04. The Labute approximate surface area is 88.6 Å². The maximum Gasteiger partial charge on any atom is 0.292 e. The number of aliphatic hydroxyl groups excluding tert-OH is 1. The minimum absolute atomic E-state index is 0.160. The molecule has 0 bridgehead atoms. The van der Waals surface area contributed by atoms with Gasteiger partial charge in [-0.1, -0.05) is 0 Å². The molecule has 14 heavy (non-hydrogen) atoms. The molecule has 1 aromatic rings. The number of rotatable bonds is 3. The summed E-state index contributed by atoms with van der Waals surface area (Å²) in [6.45, 7) is -0.432. The molecular formula is C8H8BrNO4. The Kier molecular flexibility index (Phi) is 3.43. The summed E-state index contributed by atoms with van der Waals surface area (Å²) in [5.74, 6) is 0.308. The van der Waals surface area contributed by atoms with Gasteiger partial charge in [-0.05, 0) is 28.1 Å². The molecule has 0 aliphatic rings. The van der Waals surface area contributed by atoms with E-state index < -0.39 is 11.5 Å². The van der Waals surface area contributed by atoms with Crippen LogP contribution in [0.15, 0.2) is 16.6 Å². The van der Waals surface area contributed by atoms with Crippen LogP contribution in [0.3, 0.4) is 0 Å². The molecule has 0 aliphatic heterocycles. The highest BCUT2D eigenvalue weighted by Crippen LogP contribution is 2.35. The number of halogens is 1. The first-order valence-electron chi connectivity index (χ1n) is 3.72. The number of ether oxygens (including phenoxy) is 1. The van der Waals surface area contributed by atoms with Crippen molar-refractivity contribution in [1.82, 2.24) is 0 Å². The Bertz CT molecular complexity index is 367. The van der Waals surface area contributed by atoms with Gasteiger partial charge < -0.3 is 9.84 Å². The highest BCUT2D eigenvalue weighted by atomic mass is 79.9. The summed E-state index contributed by atoms with van der Waals surface area (Å²) in [5, 5.41) is 19.7. The molecule has 1 aromatic carbocycles. The zero-order valence-corrected chi connectivity index (χ0v) is 8.94. The van der Waals surface area contributed by atoms with Gasteiger partial charge in [-0.2, -0.15) is 0 Å². The third kappa shape index (κ3) is 1.85. The second kappa shape index (κ2) is 4.39. The monoisotopic (exact) mass is 261 g/mol. The molecular weight excluding hydrogens is 254 g/mol. The SMILES string of the molecule is COc1ccc(Br)c([N+](=O)[O-])c1CO. The van der Waals surface area contributed by atoms with Crippen LogP contribution in [-0.4, -0.2) is 17.1 Å². The normalized spacial score (nSPS) is 9.93. The Hall–Kier alpha value is -1.14. The van der Waals surface area contributed by atoms with Crippen LogP contribution in [0.2, 0.25) is 0 Å². The summed E-state index contributed by atoms with van der Waals surface area (Å²) in [4.78, 5) is 10.1. The highest BCUT2D eigenvalue weighted by molar-refractivity contribution is 9.10. The third-order valence-electron chi connectivity index (χ3n) is 1.75. The lowest BCUT2D eigenvalue weighted by Crippen LogP contribution is -1.99. The number of methoxy groups -OCH3 is 1. The molecule has 0 heterocycles. The standard InChI is InChI=1S/C8H8BrNO4/c1-14-7-3-2-6(9)8(10(12)13)5(7)4-11/h2-3,11H,4H2,1H3. The van der Waals surface area contributed by atoms with Crippen molar-refractivity contribution >= 4 is 21.6 Å². The lowest BCUT2D eigenvalue weighted by Gasteiger charge is -2.07. The van der Waals surface area contributed by atoms with E-state index in [4.69, 9.17) is 9.84 Å². The van der Waals surface area contributed by atoms with E-state index in [-0.39, 0.29) is 11.3 Å². The van der Waals surface area contributed by atoms with Gasteiger partial charge >= 0.3 is 0 Å². The largest absolute Gasteiger partial charge is 0.496 e. The van der Waals surface area contributed by atoms with E-state index in [0.29, 0.717) is 10.2 Å². The van der Waals surface area contributed by atoms with Crippen molar-refractivity contribution in [3.05, 3.63) is 32.3 Å². The number of benzene rings is 1. The molecule has 5 nitrogen and oxygen atoms in total. The Morgan fingerprint density at radius 3 is 2.71 bits per heavy atom. The lowest BCUT2D eigenvalue weighted by atomic mass is 10.1. The van der Waals surface area contributed by atoms with Crippen LogP contribution in [0.5, 0.6) is 5.75 Å². The molecule has 0 saturated heterocycles. The molecule has 0 aromatic heterocycles. The van der Waals surface area contributed by atoms with Gasteiger partial charge in [0.25, 0.3) is 5.69 Å². The van der Waals surface area contributed by atoms with Crippen molar-refractivity contribution < 1.29 is 14.8 Å². The summed E-state index contributed by atoms with van der Waals surface area (Å²) in [5.41, 5.74) is 0.0127. The molecule has 0 aliphatic carbocycles. The third-order valence-corrected chi connectivity index (χ3v) is 2.39. The first kappa shape index (κ1) is 10.9. The van der Waals surface area contributed by atoms with E-state index >= 15 is 0 Å². The quantitative estimate of drug-likeness (QED) is 0.666. The molecule has 0 radical (unpaired) electrons. The molecule has 1 N–H and O–H groups in total. The van der Waals surface area contributed by atoms with Crippen LogP contribution < -0.4 is 4.74 Å². The number of hydrogen-bond donors (Lipinski definition) is 1. The van der Waals surface area contributed by atoms with Crippen molar-refractivity contribution in [1.29, 1.82) is 0 Å². The van der Waals surface area contributed by atoms with Crippen LogP contribution in [0.4, 0.5) is 5.69 Å². The fourth-order valence-corrected chi connectivity index (χ4v) is 1.65. The molecule has 0 spiro atoms. The van der Waals surface area contributed by atoms with E-state index in [1.165, 1.54) is 13.2 Å². The van der Waals surface area contributed by atoms with Gasteiger partial charge in [0.2, 0.25) is 0 Å². The zero-order valence-electron chi connectivity index (χ0n) is 7.36. The molecule has 0 fully saturated rings. The van der Waals surface area contributed by atoms with Crippen LogP contribution in [0.25, 0.3) is 0 Å². The maximum absolute atomic E-state index is 10.7. The van der Waals surface area contributed by atoms with E-state index in [0.717, 1.165) is 0 Å². The van der Waals surface area contributed by atoms with Gasteiger partial charge in [0.05, 0.1) is 28.7 Å². The highest BCUT2D eigenvalue weighted by Gasteiger charge is 2.21. The van der Waals surface area contributed by atoms with Crippen LogP contribution in [-0.2, 0) is 6.61 Å². The maximum atomic E-state index is 10.7. The molecule has 0 atom stereocenters. The van der Waals surface area contributed by atoms with Gasteiger partial charge in [0, 0.05) is 0 Å². The van der Waals surface area contributed by atoms with E-state index in [1.807, 2.05) is 0 Å². The van der Waals surface area contributed by atoms with Crippen LogP contribution in [0, 0.1) is 10.1 Å². The molecule has 6 heteroatoms. The Morgan fingerprint density at radius 1 is 1.64 bits per heavy atom. The fraction of sp³-hybridized carbons (Fsp3) is 0.250. The minimum Gasteiger partial charge on any atom is -0.496 e. The first-order valence-corrected chi connectivity index (χ1v) is 4.51. The number of nitro benzene ring substituents is 1. The second-order valence-corrected chi connectivity index (χ2v) is 3.35.